The average Bonchev–Trinajstić information content (AvgIpc) is 3.39. The Bertz CT molecular complexity index is 1580. The molecule has 1 aliphatic heterocycles. The fraction of sp³-hybridized carbons (Fsp3) is 0.267. The van der Waals surface area contributed by atoms with Gasteiger partial charge in [0.15, 0.2) is 5.90 Å². The van der Waals surface area contributed by atoms with E-state index < -0.39 is 0 Å². The van der Waals surface area contributed by atoms with Gasteiger partial charge in [-0.05, 0) is 67.7 Å². The van der Waals surface area contributed by atoms with Crippen molar-refractivity contribution in [3.8, 4) is 5.75 Å². The lowest BCUT2D eigenvalue weighted by atomic mass is 10.1. The summed E-state index contributed by atoms with van der Waals surface area (Å²) in [7, 11) is 3.62. The molecule has 1 N–H and O–H groups in total. The summed E-state index contributed by atoms with van der Waals surface area (Å²) in [6.45, 7) is 0.977. The minimum atomic E-state index is -0.316. The molecule has 0 aliphatic carbocycles. The highest BCUT2D eigenvalue weighted by Gasteiger charge is 2.21. The summed E-state index contributed by atoms with van der Waals surface area (Å²) in [6.07, 6.45) is 1.98. The van der Waals surface area contributed by atoms with E-state index in [4.69, 9.17) is 25.8 Å². The van der Waals surface area contributed by atoms with E-state index in [0.29, 0.717) is 46.8 Å². The molecule has 1 atom stereocenters. The van der Waals surface area contributed by atoms with Crippen LogP contribution in [-0.2, 0) is 27.3 Å². The van der Waals surface area contributed by atoms with Crippen molar-refractivity contribution in [2.75, 3.05) is 39.2 Å². The number of likely N-dealkylation sites (N-methyl/N-ethyl adjacent to an activating group) is 1. The van der Waals surface area contributed by atoms with Crippen molar-refractivity contribution in [3.63, 3.8) is 0 Å². The molecular weight excluding hydrogens is 549 g/mol. The molecule has 212 valence electrons. The summed E-state index contributed by atoms with van der Waals surface area (Å²) in [5.41, 5.74) is 3.17. The van der Waals surface area contributed by atoms with Crippen molar-refractivity contribution < 1.29 is 23.4 Å². The van der Waals surface area contributed by atoms with Crippen LogP contribution in [0.15, 0.2) is 72.0 Å². The highest BCUT2D eigenvalue weighted by Crippen LogP contribution is 2.31. The maximum absolute atomic E-state index is 13.4. The average molecular weight is 578 g/mol. The van der Waals surface area contributed by atoms with Gasteiger partial charge in [-0.25, -0.2) is 19.4 Å². The molecule has 1 aromatic heterocycles. The first-order valence-corrected chi connectivity index (χ1v) is 13.4. The minimum Gasteiger partial charge on any atom is -0.487 e. The lowest BCUT2D eigenvalue weighted by molar-refractivity contribution is -0.144. The lowest BCUT2D eigenvalue weighted by Crippen LogP contribution is -2.26. The predicted molar refractivity (Wildman–Crippen MR) is 155 cm³/mol. The molecule has 3 aromatic carbocycles. The third kappa shape index (κ3) is 7.68. The first kappa shape index (κ1) is 28.3. The van der Waals surface area contributed by atoms with Gasteiger partial charge in [0.1, 0.15) is 49.6 Å². The van der Waals surface area contributed by atoms with E-state index in [1.165, 1.54) is 18.5 Å². The van der Waals surface area contributed by atoms with E-state index in [9.17, 15) is 9.18 Å². The van der Waals surface area contributed by atoms with Crippen LogP contribution in [0.4, 0.5) is 15.9 Å². The maximum Gasteiger partial charge on any atom is 0.320 e. The van der Waals surface area contributed by atoms with Crippen LogP contribution in [0.1, 0.15) is 11.1 Å². The second-order valence-corrected chi connectivity index (χ2v) is 10.3. The van der Waals surface area contributed by atoms with Gasteiger partial charge < -0.3 is 19.5 Å². The molecule has 41 heavy (non-hydrogen) atoms. The van der Waals surface area contributed by atoms with Crippen molar-refractivity contribution >= 4 is 45.9 Å². The molecule has 11 heteroatoms. The molecule has 0 saturated heterocycles. The third-order valence-electron chi connectivity index (χ3n) is 6.18. The van der Waals surface area contributed by atoms with Gasteiger partial charge in [-0.1, -0.05) is 29.8 Å². The Balaban J connectivity index is 1.24. The number of halogens is 2. The Labute approximate surface area is 241 Å². The molecule has 0 bridgehead atoms. The summed E-state index contributed by atoms with van der Waals surface area (Å²) in [6, 6.07) is 17.2. The van der Waals surface area contributed by atoms with E-state index in [1.54, 1.807) is 29.2 Å². The van der Waals surface area contributed by atoms with Crippen molar-refractivity contribution in [1.82, 2.24) is 14.9 Å². The van der Waals surface area contributed by atoms with Gasteiger partial charge in [0.25, 0.3) is 0 Å². The van der Waals surface area contributed by atoms with E-state index in [0.717, 1.165) is 16.5 Å². The van der Waals surface area contributed by atoms with Gasteiger partial charge in [0, 0.05) is 17.5 Å². The number of carbonyl (C=O) groups excluding carboxylic acids is 1. The predicted octanol–water partition coefficient (Wildman–Crippen LogP) is 5.19. The fourth-order valence-electron chi connectivity index (χ4n) is 4.25. The fourth-order valence-corrected chi connectivity index (χ4v) is 4.49. The summed E-state index contributed by atoms with van der Waals surface area (Å²) in [5.74, 6) is 1.08. The zero-order valence-corrected chi connectivity index (χ0v) is 23.4. The van der Waals surface area contributed by atoms with Gasteiger partial charge in [-0.2, -0.15) is 0 Å². The molecule has 0 unspecified atom stereocenters. The van der Waals surface area contributed by atoms with Crippen LogP contribution >= 0.6 is 11.6 Å². The molecule has 0 radical (unpaired) electrons. The number of aliphatic imine (C=N–C) groups is 1. The number of nitrogens with zero attached hydrogens (tertiary/aromatic N) is 4. The van der Waals surface area contributed by atoms with Crippen LogP contribution in [0.3, 0.4) is 0 Å². The SMILES string of the molecule is CN(C)CC(=O)OC[C@H]1COC(Cc2ccc3ncnc(Nc4ccc(OCc5cccc(F)c5)c(Cl)c4)c3c2)=N1. The highest BCUT2D eigenvalue weighted by molar-refractivity contribution is 6.32. The van der Waals surface area contributed by atoms with Crippen molar-refractivity contribution in [3.05, 3.63) is 89.0 Å². The Morgan fingerprint density at radius 3 is 2.80 bits per heavy atom. The maximum atomic E-state index is 13.4. The van der Waals surface area contributed by atoms with Gasteiger partial charge in [0.05, 0.1) is 17.1 Å². The summed E-state index contributed by atoms with van der Waals surface area (Å²) >= 11 is 6.48. The number of hydrogen-bond acceptors (Lipinski definition) is 9. The number of fused-ring (bicyclic) bond motifs is 1. The van der Waals surface area contributed by atoms with Gasteiger partial charge >= 0.3 is 5.97 Å². The van der Waals surface area contributed by atoms with Crippen LogP contribution in [0, 0.1) is 5.82 Å². The van der Waals surface area contributed by atoms with Crippen LogP contribution in [0.5, 0.6) is 5.75 Å². The normalized spacial score (nSPS) is 14.6. The smallest absolute Gasteiger partial charge is 0.320 e. The molecule has 0 amide bonds. The standard InChI is InChI=1S/C30H29ClFN5O4/c1-37(2)14-29(38)41-17-23-16-40-28(35-23)12-19-6-8-26-24(11-19)30(34-18-33-26)36-22-7-9-27(25(31)13-22)39-15-20-4-3-5-21(32)10-20/h3-11,13,18,23H,12,14-17H2,1-2H3,(H,33,34,36)/t23-/m1/s1. The molecule has 4 aromatic rings. The Kier molecular flexibility index (Phi) is 8.91. The third-order valence-corrected chi connectivity index (χ3v) is 6.48. The topological polar surface area (TPSA) is 98.2 Å². The number of aromatic nitrogens is 2. The molecule has 9 nitrogen and oxygen atoms in total. The van der Waals surface area contributed by atoms with Crippen molar-refractivity contribution in [2.45, 2.75) is 19.1 Å². The van der Waals surface area contributed by atoms with Crippen LogP contribution in [0.2, 0.25) is 5.02 Å². The monoisotopic (exact) mass is 577 g/mol. The van der Waals surface area contributed by atoms with Crippen LogP contribution in [-0.4, -0.2) is 66.6 Å². The van der Waals surface area contributed by atoms with Crippen LogP contribution < -0.4 is 10.1 Å². The Hall–Kier alpha value is -4.28. The molecule has 0 spiro atoms. The molecule has 5 rings (SSSR count). The van der Waals surface area contributed by atoms with Crippen LogP contribution in [0.25, 0.3) is 10.9 Å². The minimum absolute atomic E-state index is 0.187. The van der Waals surface area contributed by atoms with E-state index in [2.05, 4.69) is 20.3 Å². The molecule has 0 fully saturated rings. The molecule has 1 aliphatic rings. The summed E-state index contributed by atoms with van der Waals surface area (Å²) in [5, 5.41) is 4.54. The van der Waals surface area contributed by atoms with E-state index in [-0.39, 0.29) is 37.6 Å². The zero-order valence-electron chi connectivity index (χ0n) is 22.6. The number of ether oxygens (including phenoxy) is 3. The number of rotatable bonds is 11. The Morgan fingerprint density at radius 2 is 2.00 bits per heavy atom. The van der Waals surface area contributed by atoms with E-state index >= 15 is 0 Å². The zero-order chi connectivity index (χ0) is 28.8. The number of nitrogens with one attached hydrogen (secondary N) is 1. The largest absolute Gasteiger partial charge is 0.487 e. The van der Waals surface area contributed by atoms with Gasteiger partial charge in [-0.3, -0.25) is 9.69 Å². The Morgan fingerprint density at radius 1 is 1.12 bits per heavy atom. The summed E-state index contributed by atoms with van der Waals surface area (Å²) in [4.78, 5) is 27.0. The number of esters is 1. The first-order valence-electron chi connectivity index (χ1n) is 13.0. The highest BCUT2D eigenvalue weighted by atomic mass is 35.5. The van der Waals surface area contributed by atoms with Gasteiger partial charge in [0.2, 0.25) is 0 Å². The first-order chi connectivity index (χ1) is 19.8. The number of hydrogen-bond donors (Lipinski definition) is 1. The lowest BCUT2D eigenvalue weighted by Gasteiger charge is -2.12. The van der Waals surface area contributed by atoms with Crippen molar-refractivity contribution in [2.24, 2.45) is 4.99 Å². The molecular formula is C30H29ClFN5O4. The van der Waals surface area contributed by atoms with Gasteiger partial charge in [-0.15, -0.1) is 0 Å². The van der Waals surface area contributed by atoms with E-state index in [1.807, 2.05) is 38.4 Å². The number of anilines is 2. The summed E-state index contributed by atoms with van der Waals surface area (Å²) < 4.78 is 30.3. The number of carbonyl (C=O) groups is 1. The second kappa shape index (κ2) is 12.9. The van der Waals surface area contributed by atoms with Crippen molar-refractivity contribution in [1.29, 1.82) is 0 Å². The molecule has 2 heterocycles. The second-order valence-electron chi connectivity index (χ2n) is 9.85. The quantitative estimate of drug-likeness (QED) is 0.243. The molecule has 0 saturated carbocycles. The number of benzene rings is 3.